The van der Waals surface area contributed by atoms with Crippen molar-refractivity contribution in [3.63, 3.8) is 0 Å². The summed E-state index contributed by atoms with van der Waals surface area (Å²) < 4.78 is 93.3. The summed E-state index contributed by atoms with van der Waals surface area (Å²) in [4.78, 5) is 48.7. The van der Waals surface area contributed by atoms with Crippen molar-refractivity contribution in [1.82, 2.24) is 5.32 Å². The molecule has 0 spiro atoms. The van der Waals surface area contributed by atoms with E-state index < -0.39 is 290 Å². The van der Waals surface area contributed by atoms with Gasteiger partial charge in [-0.2, -0.15) is 23.5 Å². The Morgan fingerprint density at radius 1 is 0.350 bits per heavy atom. The van der Waals surface area contributed by atoms with Gasteiger partial charge in [0, 0.05) is 42.3 Å². The number of likely N-dealkylation sites (N-methyl/N-ethyl adjacent to an activating group) is 1. The smallest absolute Gasteiger partial charge is 0.321 e. The second-order valence-corrected chi connectivity index (χ2v) is 27.9. The molecule has 21 fully saturated rings. The van der Waals surface area contributed by atoms with E-state index in [9.17, 15) is 126 Å². The van der Waals surface area contributed by atoms with Crippen molar-refractivity contribution in [1.29, 1.82) is 0 Å². The van der Waals surface area contributed by atoms with E-state index in [1.165, 1.54) is 14.0 Å². The van der Waals surface area contributed by atoms with Crippen LogP contribution in [0, 0.1) is 5.92 Å². The highest BCUT2D eigenvalue weighted by molar-refractivity contribution is 7.99. The van der Waals surface area contributed by atoms with Crippen LogP contribution in [0.4, 0.5) is 0 Å². The van der Waals surface area contributed by atoms with E-state index in [0.717, 1.165) is 23.5 Å². The lowest BCUT2D eigenvalue weighted by Crippen LogP contribution is -2.68. The minimum Gasteiger partial charge on any atom is -0.481 e. The fourth-order valence-electron chi connectivity index (χ4n) is 12.6. The molecule has 21 heterocycles. The quantitative estimate of drug-likeness (QED) is 0.0340. The van der Waals surface area contributed by atoms with E-state index in [1.54, 1.807) is 0 Å². The van der Waals surface area contributed by atoms with Crippen molar-refractivity contribution in [2.45, 2.75) is 247 Å². The van der Waals surface area contributed by atoms with Gasteiger partial charge in [0.2, 0.25) is 0 Å². The zero-order valence-corrected chi connectivity index (χ0v) is 57.2. The molecule has 22 N–H and O–H groups in total. The number of hydrogen-bond donors (Lipinski definition) is 22. The zero-order valence-electron chi connectivity index (χ0n) is 55.5. The number of carbonyl (C=O) groups excluding carboxylic acids is 2. The number of carboxylic acid groups (broad SMARTS) is 2. The van der Waals surface area contributed by atoms with E-state index in [-0.39, 0.29) is 62.3 Å². The standard InChI is InChI=1S/C59H97NO41S2/c1-19(66)3-5-86-7-8-87-6-4-21(67)9-20(51(82)83)15-102-17-28-49-35(73)42(80)58(93-28)98-47-26(13-64)89-55(38(76)31(47)69)97-46-25(12-63)92-57(41(79)34(46)72)101-50-29(18-103-16-22(60-2)52(84)85)94-59(43(81)36(50)74)99-48-27(14-65)90-54(39(77)32(48)70)95-44-23(10-61)88-53(37(75)30(44)68)96-45-24(11-62)91-56(100-49)40(78)33(45)71/h20,22-50,53-65,68-81H,3-18H2,1-2H3,(H,82,83)(H,84,85)/t20-,22-,23?,24?,25?,26?,27?,28?,29?,30-,31-,32-,33-,34-,35-,36-,37?,38?,39?,40?,41?,42?,43?,44-,45-,46-,47-,48+,49-,50-,53+,54-,55+,56-,57+,58-,59+/m1/s1. The summed E-state index contributed by atoms with van der Waals surface area (Å²) in [5.41, 5.74) is 0. The summed E-state index contributed by atoms with van der Waals surface area (Å²) in [6.07, 6.45) is -73.1. The van der Waals surface area contributed by atoms with Crippen molar-refractivity contribution < 1.29 is 202 Å². The number of aliphatic hydroxyl groups is 19. The number of carbonyl (C=O) groups is 4. The van der Waals surface area contributed by atoms with Crippen LogP contribution in [0.1, 0.15) is 26.2 Å². The molecule has 596 valence electrons. The predicted molar refractivity (Wildman–Crippen MR) is 332 cm³/mol. The fourth-order valence-corrected chi connectivity index (χ4v) is 15.0. The molecule has 21 aliphatic heterocycles. The summed E-state index contributed by atoms with van der Waals surface area (Å²) in [6.45, 7) is -3.91. The highest BCUT2D eigenvalue weighted by Gasteiger charge is 2.60. The molecule has 21 aliphatic rings. The third-order valence-corrected chi connectivity index (χ3v) is 20.9. The average molecular weight is 1540 g/mol. The molecule has 0 aliphatic carbocycles. The maximum Gasteiger partial charge on any atom is 0.321 e. The normalized spacial score (nSPS) is 44.9. The van der Waals surface area contributed by atoms with Crippen LogP contribution < -0.4 is 5.32 Å². The Morgan fingerprint density at radius 2 is 0.602 bits per heavy atom. The number of carboxylic acids is 2. The highest BCUT2D eigenvalue weighted by atomic mass is 32.2. The predicted octanol–water partition coefficient (Wildman–Crippen LogP) is -13.0. The first-order valence-electron chi connectivity index (χ1n) is 33.2. The lowest BCUT2D eigenvalue weighted by Gasteiger charge is -2.50. The van der Waals surface area contributed by atoms with Crippen molar-refractivity contribution in [3.05, 3.63) is 0 Å². The van der Waals surface area contributed by atoms with Crippen LogP contribution in [0.15, 0.2) is 0 Å². The maximum absolute atomic E-state index is 13.0. The molecule has 14 unspecified atom stereocenters. The Morgan fingerprint density at radius 3 is 0.845 bits per heavy atom. The molecular weight excluding hydrogens is 1440 g/mol. The van der Waals surface area contributed by atoms with Gasteiger partial charge in [-0.1, -0.05) is 0 Å². The number of ether oxygens (including phenoxy) is 16. The molecule has 14 bridgehead atoms. The Labute approximate surface area is 595 Å². The molecule has 103 heavy (non-hydrogen) atoms. The Bertz CT molecular complexity index is 2610. The zero-order chi connectivity index (χ0) is 75.4. The molecule has 0 aromatic heterocycles. The molecule has 42 nitrogen and oxygen atoms in total. The number of aliphatic carboxylic acids is 2. The van der Waals surface area contributed by atoms with Crippen molar-refractivity contribution in [2.24, 2.45) is 5.92 Å². The van der Waals surface area contributed by atoms with E-state index >= 15 is 0 Å². The summed E-state index contributed by atoms with van der Waals surface area (Å²) in [6, 6.07) is -1.18. The number of nitrogens with one attached hydrogen (secondary N) is 1. The molecule has 0 amide bonds. The molecule has 37 atom stereocenters. The Kier molecular flexibility index (Phi) is 33.4. The second kappa shape index (κ2) is 40.0. The Balaban J connectivity index is 1.08. The van der Waals surface area contributed by atoms with Crippen LogP contribution in [0.2, 0.25) is 0 Å². The first kappa shape index (κ1) is 86.1. The van der Waals surface area contributed by atoms with Gasteiger partial charge in [-0.3, -0.25) is 19.2 Å². The van der Waals surface area contributed by atoms with Gasteiger partial charge in [0.1, 0.15) is 176 Å². The minimum atomic E-state index is -2.31. The minimum absolute atomic E-state index is 0.0645. The summed E-state index contributed by atoms with van der Waals surface area (Å²) in [5.74, 6) is -6.08. The van der Waals surface area contributed by atoms with Crippen LogP contribution in [0.25, 0.3) is 0 Å². The number of thioether (sulfide) groups is 2. The van der Waals surface area contributed by atoms with Crippen molar-refractivity contribution in [3.8, 4) is 0 Å². The molecule has 0 aromatic carbocycles. The number of hydrogen-bond acceptors (Lipinski definition) is 42. The van der Waals surface area contributed by atoms with Gasteiger partial charge in [0.25, 0.3) is 0 Å². The molecule has 0 radical (unpaired) electrons. The van der Waals surface area contributed by atoms with E-state index in [1.807, 2.05) is 0 Å². The maximum atomic E-state index is 13.0. The SMILES string of the molecule is CN[C@H](CSCC1O[C@H]2O[C@H]3C(CO)O[C@H](O[C@@H]4C(CO)O[C@@H](O[C@@H]5C(CO)O[C@H](O[C@@H]6C(CSC[C@@H](CC(=O)CCOCCOCCC(C)=O)C(=O)O)O[C@H](O[C@@H]7C(CO)O[C@@H](O[C@@H]8C(CO)O[C@@H](O[C@H]1[C@H](O)C2O)C(O)[C@H]8O)C(O)[C@H]7O)C(O)[C@H]6O)C(O)[C@H]5O)C(O)[C@H]4O)C(O)[C@H]3O)C(=O)O. The van der Waals surface area contributed by atoms with Gasteiger partial charge in [-0.25, -0.2) is 0 Å². The van der Waals surface area contributed by atoms with Crippen molar-refractivity contribution >= 4 is 47.0 Å². The monoisotopic (exact) mass is 1540 g/mol. The Hall–Kier alpha value is -2.46. The van der Waals surface area contributed by atoms with Crippen LogP contribution in [-0.4, -0.2) is 441 Å². The lowest BCUT2D eigenvalue weighted by atomic mass is 9.95. The summed E-state index contributed by atoms with van der Waals surface area (Å²) in [5, 5.41) is 239. The van der Waals surface area contributed by atoms with Crippen LogP contribution in [-0.2, 0) is 95.0 Å². The average Bonchev–Trinajstić information content (AvgIpc) is 0.785. The number of Topliss-reactive ketones (excluding diaryl/α,β-unsaturated/α-hetero) is 2. The van der Waals surface area contributed by atoms with Crippen molar-refractivity contribution in [2.75, 3.05) is 89.5 Å². The van der Waals surface area contributed by atoms with Gasteiger partial charge in [0.15, 0.2) is 44.0 Å². The number of aliphatic hydroxyl groups excluding tert-OH is 19. The first-order chi connectivity index (χ1) is 49.0. The second-order valence-electron chi connectivity index (χ2n) is 25.7. The molecule has 21 saturated heterocycles. The van der Waals surface area contributed by atoms with Crippen LogP contribution >= 0.6 is 23.5 Å². The number of rotatable bonds is 27. The van der Waals surface area contributed by atoms with Crippen LogP contribution in [0.3, 0.4) is 0 Å². The third kappa shape index (κ3) is 21.0. The molecule has 0 saturated carbocycles. The van der Waals surface area contributed by atoms with Gasteiger partial charge in [0.05, 0.1) is 77.6 Å². The molecular formula is C59H97NO41S2. The van der Waals surface area contributed by atoms with Gasteiger partial charge in [-0.05, 0) is 14.0 Å². The third-order valence-electron chi connectivity index (χ3n) is 18.6. The summed E-state index contributed by atoms with van der Waals surface area (Å²) in [7, 11) is 1.35. The highest BCUT2D eigenvalue weighted by Crippen LogP contribution is 2.40. The van der Waals surface area contributed by atoms with Gasteiger partial charge < -0.3 is 188 Å². The topological polar surface area (TPSA) is 653 Å². The molecule has 21 rings (SSSR count). The van der Waals surface area contributed by atoms with Gasteiger partial charge >= 0.3 is 11.9 Å². The lowest BCUT2D eigenvalue weighted by molar-refractivity contribution is -0.395. The molecule has 0 aromatic rings. The fraction of sp³-hybridized carbons (Fsp3) is 0.932. The van der Waals surface area contributed by atoms with E-state index in [4.69, 9.17) is 75.8 Å². The van der Waals surface area contributed by atoms with Crippen LogP contribution in [0.5, 0.6) is 0 Å². The number of ketones is 2. The largest absolute Gasteiger partial charge is 0.481 e. The van der Waals surface area contributed by atoms with E-state index in [0.29, 0.717) is 0 Å². The van der Waals surface area contributed by atoms with Gasteiger partial charge in [-0.15, -0.1) is 0 Å². The van der Waals surface area contributed by atoms with E-state index in [2.05, 4.69) is 5.32 Å². The first-order valence-corrected chi connectivity index (χ1v) is 35.5. The molecule has 44 heteroatoms. The summed E-state index contributed by atoms with van der Waals surface area (Å²) >= 11 is 1.66.